The first-order valence-corrected chi connectivity index (χ1v) is 6.36. The average molecular weight is 194 g/mol. The molecule has 2 rings (SSSR count). The highest BCUT2D eigenvalue weighted by atomic mass is 32.1. The van der Waals surface area contributed by atoms with Crippen LogP contribution in [0.4, 0.5) is 0 Å². The summed E-state index contributed by atoms with van der Waals surface area (Å²) >= 11 is 1.96. The van der Waals surface area contributed by atoms with Gasteiger partial charge in [0, 0.05) is 4.88 Å². The second kappa shape index (κ2) is 4.28. The van der Waals surface area contributed by atoms with Gasteiger partial charge >= 0.3 is 0 Å². The molecule has 1 aliphatic rings. The zero-order chi connectivity index (χ0) is 9.10. The number of thiophene rings is 1. The highest BCUT2D eigenvalue weighted by Crippen LogP contribution is 2.37. The van der Waals surface area contributed by atoms with Crippen molar-refractivity contribution in [2.45, 2.75) is 51.4 Å². The zero-order valence-electron chi connectivity index (χ0n) is 8.38. The van der Waals surface area contributed by atoms with E-state index in [1.807, 2.05) is 11.3 Å². The Hall–Kier alpha value is -0.300. The van der Waals surface area contributed by atoms with E-state index in [0.29, 0.717) is 0 Å². The van der Waals surface area contributed by atoms with Crippen molar-refractivity contribution in [2.75, 3.05) is 0 Å². The summed E-state index contributed by atoms with van der Waals surface area (Å²) in [5, 5.41) is 2.28. The fourth-order valence-corrected chi connectivity index (χ4v) is 3.45. The predicted molar refractivity (Wildman–Crippen MR) is 59.5 cm³/mol. The second-order valence-corrected chi connectivity index (χ2v) is 5.03. The molecule has 0 aromatic carbocycles. The molecule has 0 amide bonds. The molecule has 0 N–H and O–H groups in total. The Bertz CT molecular complexity index is 256. The van der Waals surface area contributed by atoms with E-state index in [2.05, 4.69) is 18.4 Å². The minimum absolute atomic E-state index is 0.910. The molecule has 1 saturated carbocycles. The predicted octanol–water partition coefficient (Wildman–Crippen LogP) is 4.36. The lowest BCUT2D eigenvalue weighted by molar-refractivity contribution is 0.714. The topological polar surface area (TPSA) is 0 Å². The van der Waals surface area contributed by atoms with E-state index < -0.39 is 0 Å². The Kier molecular flexibility index (Phi) is 3.05. The lowest BCUT2D eigenvalue weighted by Crippen LogP contribution is -1.94. The molecule has 1 heterocycles. The normalized spacial score (nSPS) is 18.2. The first-order chi connectivity index (χ1) is 6.42. The summed E-state index contributed by atoms with van der Waals surface area (Å²) in [5.74, 6) is 0.910. The number of hydrogen-bond acceptors (Lipinski definition) is 1. The van der Waals surface area contributed by atoms with E-state index in [-0.39, 0.29) is 0 Å². The van der Waals surface area contributed by atoms with Crippen molar-refractivity contribution in [1.29, 1.82) is 0 Å². The molecule has 0 saturated heterocycles. The van der Waals surface area contributed by atoms with Gasteiger partial charge in [-0.1, -0.05) is 26.2 Å². The van der Waals surface area contributed by atoms with E-state index in [0.717, 1.165) is 5.92 Å². The van der Waals surface area contributed by atoms with Gasteiger partial charge in [-0.25, -0.2) is 0 Å². The molecule has 0 nitrogen and oxygen atoms in total. The van der Waals surface area contributed by atoms with Crippen LogP contribution < -0.4 is 0 Å². The molecule has 1 aromatic heterocycles. The Labute approximate surface area is 85.0 Å². The van der Waals surface area contributed by atoms with Crippen LogP contribution in [0, 0.1) is 0 Å². The van der Waals surface area contributed by atoms with Gasteiger partial charge in [0.1, 0.15) is 0 Å². The van der Waals surface area contributed by atoms with Gasteiger partial charge < -0.3 is 0 Å². The molecule has 13 heavy (non-hydrogen) atoms. The lowest BCUT2D eigenvalue weighted by Gasteiger charge is -2.09. The Morgan fingerprint density at radius 1 is 1.38 bits per heavy atom. The molecule has 0 atom stereocenters. The molecule has 0 spiro atoms. The third kappa shape index (κ3) is 1.96. The number of aryl methyl sites for hydroxylation is 1. The van der Waals surface area contributed by atoms with Crippen molar-refractivity contribution in [1.82, 2.24) is 0 Å². The van der Waals surface area contributed by atoms with E-state index >= 15 is 0 Å². The molecule has 1 fully saturated rings. The van der Waals surface area contributed by atoms with Gasteiger partial charge in [0.05, 0.1) is 0 Å². The van der Waals surface area contributed by atoms with Gasteiger partial charge in [-0.2, -0.15) is 0 Å². The molecule has 0 unspecified atom stereocenters. The maximum absolute atomic E-state index is 2.37. The highest BCUT2D eigenvalue weighted by Gasteiger charge is 2.19. The summed E-state index contributed by atoms with van der Waals surface area (Å²) in [7, 11) is 0. The van der Waals surface area contributed by atoms with Gasteiger partial charge in [0.15, 0.2) is 0 Å². The Morgan fingerprint density at radius 3 is 2.85 bits per heavy atom. The van der Waals surface area contributed by atoms with Crippen LogP contribution in [-0.4, -0.2) is 0 Å². The van der Waals surface area contributed by atoms with E-state index in [4.69, 9.17) is 0 Å². The van der Waals surface area contributed by atoms with Crippen molar-refractivity contribution in [3.05, 3.63) is 21.9 Å². The highest BCUT2D eigenvalue weighted by molar-refractivity contribution is 7.10. The van der Waals surface area contributed by atoms with Crippen LogP contribution >= 0.6 is 11.3 Å². The van der Waals surface area contributed by atoms with Crippen LogP contribution in [0.5, 0.6) is 0 Å². The van der Waals surface area contributed by atoms with Crippen LogP contribution in [0.1, 0.15) is 55.4 Å². The number of rotatable bonds is 3. The van der Waals surface area contributed by atoms with Crippen molar-refractivity contribution in [2.24, 2.45) is 0 Å². The molecule has 0 radical (unpaired) electrons. The SMILES string of the molecule is CCCc1sccc1C1CCCC1. The van der Waals surface area contributed by atoms with Crippen LogP contribution in [0.3, 0.4) is 0 Å². The fourth-order valence-electron chi connectivity index (χ4n) is 2.38. The quantitative estimate of drug-likeness (QED) is 0.670. The summed E-state index contributed by atoms with van der Waals surface area (Å²) in [6.45, 7) is 2.28. The van der Waals surface area contributed by atoms with Crippen LogP contribution in [0.2, 0.25) is 0 Å². The molecule has 0 bridgehead atoms. The molecule has 0 aliphatic heterocycles. The van der Waals surface area contributed by atoms with Gasteiger partial charge in [-0.3, -0.25) is 0 Å². The molecule has 1 heteroatoms. The van der Waals surface area contributed by atoms with Crippen LogP contribution in [-0.2, 0) is 6.42 Å². The van der Waals surface area contributed by atoms with Gasteiger partial charge in [0.2, 0.25) is 0 Å². The minimum atomic E-state index is 0.910. The Balaban J connectivity index is 2.13. The summed E-state index contributed by atoms with van der Waals surface area (Å²) in [4.78, 5) is 1.66. The van der Waals surface area contributed by atoms with Crippen molar-refractivity contribution >= 4 is 11.3 Å². The first-order valence-electron chi connectivity index (χ1n) is 5.48. The van der Waals surface area contributed by atoms with Crippen molar-refractivity contribution in [3.8, 4) is 0 Å². The summed E-state index contributed by atoms with van der Waals surface area (Å²) in [5.41, 5.74) is 1.68. The third-order valence-electron chi connectivity index (χ3n) is 3.05. The van der Waals surface area contributed by atoms with Crippen LogP contribution in [0.25, 0.3) is 0 Å². The van der Waals surface area contributed by atoms with Gasteiger partial charge in [0.25, 0.3) is 0 Å². The average Bonchev–Trinajstić information content (AvgIpc) is 2.71. The Morgan fingerprint density at radius 2 is 2.15 bits per heavy atom. The summed E-state index contributed by atoms with van der Waals surface area (Å²) in [6.07, 6.45) is 8.36. The smallest absolute Gasteiger partial charge is 0.00799 e. The standard InChI is InChI=1S/C12H18S/c1-2-5-12-11(8-9-13-12)10-6-3-4-7-10/h8-10H,2-7H2,1H3. The van der Waals surface area contributed by atoms with Gasteiger partial charge in [-0.15, -0.1) is 11.3 Å². The zero-order valence-corrected chi connectivity index (χ0v) is 9.20. The summed E-state index contributed by atoms with van der Waals surface area (Å²) < 4.78 is 0. The van der Waals surface area contributed by atoms with E-state index in [9.17, 15) is 0 Å². The lowest BCUT2D eigenvalue weighted by atomic mass is 9.97. The third-order valence-corrected chi connectivity index (χ3v) is 4.05. The summed E-state index contributed by atoms with van der Waals surface area (Å²) in [6, 6.07) is 2.37. The minimum Gasteiger partial charge on any atom is -0.149 e. The van der Waals surface area contributed by atoms with E-state index in [1.165, 1.54) is 38.5 Å². The van der Waals surface area contributed by atoms with E-state index in [1.54, 1.807) is 10.4 Å². The number of hydrogen-bond donors (Lipinski definition) is 0. The molecular weight excluding hydrogens is 176 g/mol. The van der Waals surface area contributed by atoms with Gasteiger partial charge in [-0.05, 0) is 42.2 Å². The van der Waals surface area contributed by atoms with Crippen molar-refractivity contribution < 1.29 is 0 Å². The monoisotopic (exact) mass is 194 g/mol. The van der Waals surface area contributed by atoms with Crippen LogP contribution in [0.15, 0.2) is 11.4 Å². The molecule has 1 aromatic rings. The van der Waals surface area contributed by atoms with Crippen molar-refractivity contribution in [3.63, 3.8) is 0 Å². The molecule has 72 valence electrons. The molecule has 1 aliphatic carbocycles. The maximum Gasteiger partial charge on any atom is 0.00799 e. The maximum atomic E-state index is 2.37. The second-order valence-electron chi connectivity index (χ2n) is 4.03. The molecular formula is C12H18S. The fraction of sp³-hybridized carbons (Fsp3) is 0.667. The first kappa shape index (κ1) is 9.26. The largest absolute Gasteiger partial charge is 0.149 e.